The molecule has 0 spiro atoms. The Labute approximate surface area is 155 Å². The van der Waals surface area contributed by atoms with Crippen molar-refractivity contribution < 1.29 is 9.53 Å². The maximum atomic E-state index is 11.8. The molecule has 1 unspecified atom stereocenters. The Hall–Kier alpha value is -1.92. The van der Waals surface area contributed by atoms with Gasteiger partial charge in [0.1, 0.15) is 0 Å². The SMILES string of the molecule is CCOC(=O)c1cccc(NC(=S)NC(C)c2ccc(Br)cc2)c1. The second kappa shape index (κ2) is 8.80. The minimum Gasteiger partial charge on any atom is -0.462 e. The molecule has 0 aliphatic rings. The number of benzene rings is 2. The fraction of sp³-hybridized carbons (Fsp3) is 0.222. The minimum absolute atomic E-state index is 0.0614. The van der Waals surface area contributed by atoms with Crippen molar-refractivity contribution in [2.75, 3.05) is 11.9 Å². The van der Waals surface area contributed by atoms with Gasteiger partial charge in [-0.2, -0.15) is 0 Å². The average Bonchev–Trinajstić information content (AvgIpc) is 2.55. The van der Waals surface area contributed by atoms with Crippen LogP contribution in [0.15, 0.2) is 53.0 Å². The highest BCUT2D eigenvalue weighted by atomic mass is 79.9. The monoisotopic (exact) mass is 406 g/mol. The van der Waals surface area contributed by atoms with Gasteiger partial charge in [0.05, 0.1) is 18.2 Å². The van der Waals surface area contributed by atoms with Crippen molar-refractivity contribution in [3.63, 3.8) is 0 Å². The highest BCUT2D eigenvalue weighted by Crippen LogP contribution is 2.17. The molecule has 2 N–H and O–H groups in total. The zero-order valence-corrected chi connectivity index (χ0v) is 15.9. The summed E-state index contributed by atoms with van der Waals surface area (Å²) in [4.78, 5) is 11.8. The Bertz CT molecular complexity index is 719. The first-order chi connectivity index (χ1) is 11.5. The van der Waals surface area contributed by atoms with E-state index in [9.17, 15) is 4.79 Å². The lowest BCUT2D eigenvalue weighted by Gasteiger charge is -2.17. The highest BCUT2D eigenvalue weighted by molar-refractivity contribution is 9.10. The summed E-state index contributed by atoms with van der Waals surface area (Å²) in [6, 6.07) is 15.2. The predicted octanol–water partition coefficient (Wildman–Crippen LogP) is 4.67. The van der Waals surface area contributed by atoms with Gasteiger partial charge in [0, 0.05) is 10.2 Å². The molecule has 0 saturated heterocycles. The fourth-order valence-corrected chi connectivity index (χ4v) is 2.70. The van der Waals surface area contributed by atoms with Gasteiger partial charge in [-0.3, -0.25) is 0 Å². The third-order valence-corrected chi connectivity index (χ3v) is 4.10. The summed E-state index contributed by atoms with van der Waals surface area (Å²) in [6.07, 6.45) is 0. The standard InChI is InChI=1S/C18H19BrN2O2S/c1-3-23-17(22)14-5-4-6-16(11-14)21-18(24)20-12(2)13-7-9-15(19)10-8-13/h4-12H,3H2,1-2H3,(H2,20,21,24). The molecule has 1 atom stereocenters. The average molecular weight is 407 g/mol. The number of hydrogen-bond acceptors (Lipinski definition) is 3. The first-order valence-electron chi connectivity index (χ1n) is 7.59. The van der Waals surface area contributed by atoms with Gasteiger partial charge < -0.3 is 15.4 Å². The first kappa shape index (κ1) is 18.4. The molecule has 6 heteroatoms. The largest absolute Gasteiger partial charge is 0.462 e. The number of ether oxygens (including phenoxy) is 1. The Morgan fingerprint density at radius 3 is 2.62 bits per heavy atom. The van der Waals surface area contributed by atoms with E-state index in [1.807, 2.05) is 37.3 Å². The van der Waals surface area contributed by atoms with E-state index < -0.39 is 0 Å². The third kappa shape index (κ3) is 5.32. The molecule has 0 radical (unpaired) electrons. The summed E-state index contributed by atoms with van der Waals surface area (Å²) >= 11 is 8.77. The zero-order valence-electron chi connectivity index (χ0n) is 13.5. The summed E-state index contributed by atoms with van der Waals surface area (Å²) in [6.45, 7) is 4.16. The van der Waals surface area contributed by atoms with Crippen LogP contribution < -0.4 is 10.6 Å². The van der Waals surface area contributed by atoms with Crippen molar-refractivity contribution in [3.8, 4) is 0 Å². The molecular weight excluding hydrogens is 388 g/mol. The Morgan fingerprint density at radius 1 is 1.25 bits per heavy atom. The lowest BCUT2D eigenvalue weighted by atomic mass is 10.1. The van der Waals surface area contributed by atoms with Gasteiger partial charge in [-0.05, 0) is 62.0 Å². The Kier molecular flexibility index (Phi) is 6.75. The van der Waals surface area contributed by atoms with Crippen molar-refractivity contribution in [2.45, 2.75) is 19.9 Å². The molecule has 2 aromatic carbocycles. The van der Waals surface area contributed by atoms with Crippen molar-refractivity contribution >= 4 is 44.9 Å². The Balaban J connectivity index is 1.98. The normalized spacial score (nSPS) is 11.5. The van der Waals surface area contributed by atoms with Crippen LogP contribution >= 0.6 is 28.1 Å². The molecule has 0 aliphatic carbocycles. The van der Waals surface area contributed by atoms with Crippen molar-refractivity contribution in [1.29, 1.82) is 0 Å². The molecule has 0 amide bonds. The predicted molar refractivity (Wildman–Crippen MR) is 104 cm³/mol. The van der Waals surface area contributed by atoms with Crippen LogP contribution in [0, 0.1) is 0 Å². The lowest BCUT2D eigenvalue weighted by Crippen LogP contribution is -2.30. The van der Waals surface area contributed by atoms with Crippen molar-refractivity contribution in [2.24, 2.45) is 0 Å². The topological polar surface area (TPSA) is 50.4 Å². The van der Waals surface area contributed by atoms with Crippen LogP contribution in [0.5, 0.6) is 0 Å². The van der Waals surface area contributed by atoms with Gasteiger partial charge in [-0.15, -0.1) is 0 Å². The van der Waals surface area contributed by atoms with Crippen molar-refractivity contribution in [1.82, 2.24) is 5.32 Å². The molecule has 0 fully saturated rings. The number of esters is 1. The van der Waals surface area contributed by atoms with E-state index in [0.717, 1.165) is 15.7 Å². The molecular formula is C18H19BrN2O2S. The molecule has 24 heavy (non-hydrogen) atoms. The van der Waals surface area contributed by atoms with Gasteiger partial charge in [-0.1, -0.05) is 34.1 Å². The summed E-state index contributed by atoms with van der Waals surface area (Å²) in [5.74, 6) is -0.344. The van der Waals surface area contributed by atoms with Gasteiger partial charge in [0.15, 0.2) is 5.11 Å². The fourth-order valence-electron chi connectivity index (χ4n) is 2.14. The number of carbonyl (C=O) groups is 1. The summed E-state index contributed by atoms with van der Waals surface area (Å²) in [5.41, 5.74) is 2.36. The second-order valence-corrected chi connectivity index (χ2v) is 6.50. The Morgan fingerprint density at radius 2 is 1.96 bits per heavy atom. The number of halogens is 1. The van der Waals surface area contributed by atoms with Crippen LogP contribution in [0.1, 0.15) is 35.8 Å². The molecule has 0 aromatic heterocycles. The highest BCUT2D eigenvalue weighted by Gasteiger charge is 2.09. The van der Waals surface area contributed by atoms with Gasteiger partial charge in [0.2, 0.25) is 0 Å². The van der Waals surface area contributed by atoms with Gasteiger partial charge in [-0.25, -0.2) is 4.79 Å². The molecule has 0 saturated carbocycles. The number of thiocarbonyl (C=S) groups is 1. The maximum absolute atomic E-state index is 11.8. The van der Waals surface area contributed by atoms with Crippen LogP contribution in [-0.2, 0) is 4.74 Å². The molecule has 126 valence electrons. The van der Waals surface area contributed by atoms with E-state index in [0.29, 0.717) is 17.3 Å². The van der Waals surface area contributed by atoms with Crippen LogP contribution in [0.4, 0.5) is 5.69 Å². The van der Waals surface area contributed by atoms with E-state index in [-0.39, 0.29) is 12.0 Å². The number of carbonyl (C=O) groups excluding carboxylic acids is 1. The van der Waals surface area contributed by atoms with E-state index in [2.05, 4.69) is 26.6 Å². The van der Waals surface area contributed by atoms with Gasteiger partial charge >= 0.3 is 5.97 Å². The van der Waals surface area contributed by atoms with Gasteiger partial charge in [0.25, 0.3) is 0 Å². The lowest BCUT2D eigenvalue weighted by molar-refractivity contribution is 0.0526. The van der Waals surface area contributed by atoms with E-state index >= 15 is 0 Å². The molecule has 2 rings (SSSR count). The number of anilines is 1. The van der Waals surface area contributed by atoms with Crippen LogP contribution in [0.3, 0.4) is 0 Å². The van der Waals surface area contributed by atoms with E-state index in [4.69, 9.17) is 17.0 Å². The van der Waals surface area contributed by atoms with Crippen LogP contribution in [0.25, 0.3) is 0 Å². The molecule has 0 heterocycles. The van der Waals surface area contributed by atoms with E-state index in [1.165, 1.54) is 0 Å². The van der Waals surface area contributed by atoms with E-state index in [1.54, 1.807) is 25.1 Å². The quantitative estimate of drug-likeness (QED) is 0.557. The van der Waals surface area contributed by atoms with Crippen molar-refractivity contribution in [3.05, 3.63) is 64.1 Å². The second-order valence-electron chi connectivity index (χ2n) is 5.17. The van der Waals surface area contributed by atoms with Crippen LogP contribution in [0.2, 0.25) is 0 Å². The third-order valence-electron chi connectivity index (χ3n) is 3.35. The molecule has 2 aromatic rings. The summed E-state index contributed by atoms with van der Waals surface area (Å²) < 4.78 is 6.04. The molecule has 4 nitrogen and oxygen atoms in total. The zero-order chi connectivity index (χ0) is 17.5. The maximum Gasteiger partial charge on any atom is 0.338 e. The minimum atomic E-state index is -0.344. The number of hydrogen-bond donors (Lipinski definition) is 2. The smallest absolute Gasteiger partial charge is 0.338 e. The summed E-state index contributed by atoms with van der Waals surface area (Å²) in [7, 11) is 0. The molecule has 0 bridgehead atoms. The number of nitrogens with one attached hydrogen (secondary N) is 2. The van der Waals surface area contributed by atoms with Crippen LogP contribution in [-0.4, -0.2) is 17.7 Å². The first-order valence-corrected chi connectivity index (χ1v) is 8.80. The molecule has 0 aliphatic heterocycles. The summed E-state index contributed by atoms with van der Waals surface area (Å²) in [5, 5.41) is 6.81. The number of rotatable bonds is 5.